The van der Waals surface area contributed by atoms with E-state index in [2.05, 4.69) is 0 Å². The molecule has 0 atom stereocenters. The largest absolute Gasteiger partial charge is 0.340 e. The minimum atomic E-state index is -0.453. The number of likely N-dealkylation sites (tertiary alicyclic amines) is 2. The summed E-state index contributed by atoms with van der Waals surface area (Å²) in [6.07, 6.45) is 7.38. The fourth-order valence-electron chi connectivity index (χ4n) is 3.63. The maximum absolute atomic E-state index is 12.4. The normalized spacial score (nSPS) is 19.2. The van der Waals surface area contributed by atoms with Gasteiger partial charge in [0.2, 0.25) is 11.8 Å². The van der Waals surface area contributed by atoms with Crippen molar-refractivity contribution in [1.29, 1.82) is 0 Å². The summed E-state index contributed by atoms with van der Waals surface area (Å²) in [7, 11) is 0. The Morgan fingerprint density at radius 3 is 2.65 bits per heavy atom. The van der Waals surface area contributed by atoms with E-state index in [-0.39, 0.29) is 23.5 Å². The zero-order valence-corrected chi connectivity index (χ0v) is 14.7. The molecule has 0 N–H and O–H groups in total. The molecule has 2 heterocycles. The molecule has 0 saturated carbocycles. The average Bonchev–Trinajstić information content (AvgIpc) is 2.67. The lowest BCUT2D eigenvalue weighted by Crippen LogP contribution is -2.49. The molecular weight excluding hydrogens is 334 g/mol. The van der Waals surface area contributed by atoms with Crippen LogP contribution in [0.4, 0.5) is 5.69 Å². The number of carbonyl (C=O) groups is 2. The van der Waals surface area contributed by atoms with Crippen molar-refractivity contribution in [3.63, 3.8) is 0 Å². The first-order valence-corrected chi connectivity index (χ1v) is 9.05. The summed E-state index contributed by atoms with van der Waals surface area (Å²) in [5.74, 6) is 0.145. The van der Waals surface area contributed by atoms with Crippen LogP contribution >= 0.6 is 0 Å². The molecule has 2 aliphatic heterocycles. The summed E-state index contributed by atoms with van der Waals surface area (Å²) < 4.78 is 0. The minimum absolute atomic E-state index is 0.00612. The van der Waals surface area contributed by atoms with Crippen molar-refractivity contribution in [3.8, 4) is 0 Å². The number of rotatable bonds is 4. The number of nitro groups is 1. The third-order valence-corrected chi connectivity index (χ3v) is 5.08. The molecule has 0 bridgehead atoms. The molecule has 26 heavy (non-hydrogen) atoms. The van der Waals surface area contributed by atoms with Crippen molar-refractivity contribution >= 4 is 23.6 Å². The van der Waals surface area contributed by atoms with Crippen molar-refractivity contribution in [2.75, 3.05) is 19.6 Å². The third kappa shape index (κ3) is 4.28. The van der Waals surface area contributed by atoms with Gasteiger partial charge in [-0.1, -0.05) is 12.1 Å². The number of nitrogens with zero attached hydrogens (tertiary/aromatic N) is 3. The van der Waals surface area contributed by atoms with Crippen LogP contribution in [-0.4, -0.2) is 52.2 Å². The topological polar surface area (TPSA) is 83.8 Å². The van der Waals surface area contributed by atoms with Crippen LogP contribution in [0.5, 0.6) is 0 Å². The molecule has 0 aromatic heterocycles. The van der Waals surface area contributed by atoms with E-state index >= 15 is 0 Å². The number of benzene rings is 1. The number of amides is 2. The van der Waals surface area contributed by atoms with Gasteiger partial charge in [0.15, 0.2) is 0 Å². The Morgan fingerprint density at radius 1 is 1.19 bits per heavy atom. The van der Waals surface area contributed by atoms with Gasteiger partial charge in [0.25, 0.3) is 5.69 Å². The molecular formula is C19H23N3O4. The van der Waals surface area contributed by atoms with E-state index in [4.69, 9.17) is 0 Å². The van der Waals surface area contributed by atoms with Gasteiger partial charge in [-0.25, -0.2) is 0 Å². The third-order valence-electron chi connectivity index (χ3n) is 5.08. The lowest BCUT2D eigenvalue weighted by molar-refractivity contribution is -0.384. The van der Waals surface area contributed by atoms with Crippen molar-refractivity contribution < 1.29 is 14.5 Å². The highest BCUT2D eigenvalue weighted by Gasteiger charge is 2.30. The van der Waals surface area contributed by atoms with Crippen LogP contribution in [0.1, 0.15) is 37.7 Å². The highest BCUT2D eigenvalue weighted by Crippen LogP contribution is 2.22. The molecule has 138 valence electrons. The van der Waals surface area contributed by atoms with Crippen molar-refractivity contribution in [2.24, 2.45) is 0 Å². The molecule has 0 radical (unpaired) electrons. The van der Waals surface area contributed by atoms with Gasteiger partial charge in [0, 0.05) is 50.3 Å². The number of carbonyl (C=O) groups excluding carboxylic acids is 2. The second kappa shape index (κ2) is 8.12. The van der Waals surface area contributed by atoms with Gasteiger partial charge in [0.1, 0.15) is 0 Å². The van der Waals surface area contributed by atoms with Crippen LogP contribution in [0.3, 0.4) is 0 Å². The van der Waals surface area contributed by atoms with Gasteiger partial charge < -0.3 is 9.80 Å². The minimum Gasteiger partial charge on any atom is -0.340 e. The van der Waals surface area contributed by atoms with Crippen LogP contribution in [0, 0.1) is 10.1 Å². The molecule has 3 rings (SSSR count). The first-order chi connectivity index (χ1) is 12.5. The lowest BCUT2D eigenvalue weighted by atomic mass is 9.99. The monoisotopic (exact) mass is 357 g/mol. The zero-order chi connectivity index (χ0) is 18.5. The molecule has 1 aromatic rings. The van der Waals surface area contributed by atoms with Crippen LogP contribution in [0.2, 0.25) is 0 Å². The molecule has 7 heteroatoms. The lowest BCUT2D eigenvalue weighted by Gasteiger charge is -2.40. The van der Waals surface area contributed by atoms with E-state index in [0.29, 0.717) is 25.1 Å². The van der Waals surface area contributed by atoms with E-state index in [1.54, 1.807) is 23.1 Å². The van der Waals surface area contributed by atoms with E-state index in [1.807, 2.05) is 4.90 Å². The van der Waals surface area contributed by atoms with Crippen molar-refractivity contribution in [3.05, 3.63) is 46.0 Å². The summed E-state index contributed by atoms with van der Waals surface area (Å²) in [5.41, 5.74) is 0.632. The Kier molecular flexibility index (Phi) is 5.65. The summed E-state index contributed by atoms with van der Waals surface area (Å²) >= 11 is 0. The number of piperidine rings is 2. The number of hydrogen-bond donors (Lipinski definition) is 0. The van der Waals surface area contributed by atoms with E-state index < -0.39 is 4.92 Å². The Morgan fingerprint density at radius 2 is 1.96 bits per heavy atom. The smallest absolute Gasteiger partial charge is 0.270 e. The number of nitro benzene ring substituents is 1. The SMILES string of the molecule is O=C(C=Cc1cccc([N+](=O)[O-])c1)N1CCC(N2CCCCC2=O)CC1. The summed E-state index contributed by atoms with van der Waals surface area (Å²) in [4.78, 5) is 38.5. The first kappa shape index (κ1) is 18.1. The van der Waals surface area contributed by atoms with Gasteiger partial charge >= 0.3 is 0 Å². The highest BCUT2D eigenvalue weighted by molar-refractivity contribution is 5.92. The van der Waals surface area contributed by atoms with Gasteiger partial charge in [-0.15, -0.1) is 0 Å². The van der Waals surface area contributed by atoms with Crippen molar-refractivity contribution in [1.82, 2.24) is 9.80 Å². The molecule has 0 spiro atoms. The standard InChI is InChI=1S/C19H23N3O4/c23-18(8-7-15-4-3-5-17(14-15)22(25)26)20-12-9-16(10-13-20)21-11-2-1-6-19(21)24/h3-5,7-8,14,16H,1-2,6,9-13H2. The zero-order valence-electron chi connectivity index (χ0n) is 14.7. The Balaban J connectivity index is 1.54. The quantitative estimate of drug-likeness (QED) is 0.471. The van der Waals surface area contributed by atoms with E-state index in [0.717, 1.165) is 32.2 Å². The fourth-order valence-corrected chi connectivity index (χ4v) is 3.63. The molecule has 0 aliphatic carbocycles. The second-order valence-corrected chi connectivity index (χ2v) is 6.79. The molecule has 7 nitrogen and oxygen atoms in total. The Bertz CT molecular complexity index is 723. The Hall–Kier alpha value is -2.70. The van der Waals surface area contributed by atoms with Gasteiger partial charge in [0.05, 0.1) is 4.92 Å². The summed E-state index contributed by atoms with van der Waals surface area (Å²) in [6.45, 7) is 2.10. The van der Waals surface area contributed by atoms with Crippen LogP contribution in [0.15, 0.2) is 30.3 Å². The number of non-ortho nitro benzene ring substituents is 1. The highest BCUT2D eigenvalue weighted by atomic mass is 16.6. The fraction of sp³-hybridized carbons (Fsp3) is 0.474. The first-order valence-electron chi connectivity index (χ1n) is 9.05. The number of hydrogen-bond acceptors (Lipinski definition) is 4. The van der Waals surface area contributed by atoms with Crippen LogP contribution in [-0.2, 0) is 9.59 Å². The molecule has 2 aliphatic rings. The van der Waals surface area contributed by atoms with E-state index in [9.17, 15) is 19.7 Å². The molecule has 1 aromatic carbocycles. The maximum atomic E-state index is 12.4. The van der Waals surface area contributed by atoms with Gasteiger partial charge in [-0.2, -0.15) is 0 Å². The summed E-state index contributed by atoms with van der Waals surface area (Å²) in [6, 6.07) is 6.44. The summed E-state index contributed by atoms with van der Waals surface area (Å²) in [5, 5.41) is 10.8. The van der Waals surface area contributed by atoms with Gasteiger partial charge in [-0.3, -0.25) is 19.7 Å². The molecule has 2 amide bonds. The van der Waals surface area contributed by atoms with E-state index in [1.165, 1.54) is 18.2 Å². The van der Waals surface area contributed by atoms with Crippen LogP contribution in [0.25, 0.3) is 6.08 Å². The van der Waals surface area contributed by atoms with Crippen LogP contribution < -0.4 is 0 Å². The van der Waals surface area contributed by atoms with Gasteiger partial charge in [-0.05, 0) is 37.3 Å². The maximum Gasteiger partial charge on any atom is 0.270 e. The molecule has 2 fully saturated rings. The predicted molar refractivity (Wildman–Crippen MR) is 97.3 cm³/mol. The second-order valence-electron chi connectivity index (χ2n) is 6.79. The Labute approximate surface area is 152 Å². The average molecular weight is 357 g/mol. The predicted octanol–water partition coefficient (Wildman–Crippen LogP) is 2.61. The van der Waals surface area contributed by atoms with Crippen molar-refractivity contribution in [2.45, 2.75) is 38.1 Å². The molecule has 2 saturated heterocycles. The molecule has 0 unspecified atom stereocenters.